The van der Waals surface area contributed by atoms with Gasteiger partial charge in [0.15, 0.2) is 0 Å². The predicted octanol–water partition coefficient (Wildman–Crippen LogP) is 1.86. The Labute approximate surface area is 73.9 Å². The number of carbonyl (C=O) groups excluding carboxylic acids is 1. The third kappa shape index (κ3) is 3.61. The summed E-state index contributed by atoms with van der Waals surface area (Å²) in [6.07, 6.45) is 6.99. The van der Waals surface area contributed by atoms with Gasteiger partial charge in [-0.25, -0.2) is 0 Å². The van der Waals surface area contributed by atoms with Crippen LogP contribution >= 0.6 is 12.4 Å². The molecule has 0 aromatic heterocycles. The second-order valence-corrected chi connectivity index (χ2v) is 3.09. The van der Waals surface area contributed by atoms with Crippen molar-refractivity contribution in [2.75, 3.05) is 0 Å². The van der Waals surface area contributed by atoms with E-state index in [9.17, 15) is 4.79 Å². The summed E-state index contributed by atoms with van der Waals surface area (Å²) < 4.78 is 0. The molecule has 2 N–H and O–H groups in total. The van der Waals surface area contributed by atoms with Crippen molar-refractivity contribution in [2.45, 2.75) is 38.5 Å². The van der Waals surface area contributed by atoms with Crippen LogP contribution in [-0.2, 0) is 4.79 Å². The van der Waals surface area contributed by atoms with Gasteiger partial charge in [0.25, 0.3) is 0 Å². The van der Waals surface area contributed by atoms with E-state index in [1.165, 1.54) is 25.7 Å². The molecule has 0 radical (unpaired) electrons. The Morgan fingerprint density at radius 1 is 1.09 bits per heavy atom. The summed E-state index contributed by atoms with van der Waals surface area (Å²) in [5.74, 6) is 0.0874. The van der Waals surface area contributed by atoms with Crippen molar-refractivity contribution in [3.05, 3.63) is 0 Å². The maximum absolute atomic E-state index is 10.7. The van der Waals surface area contributed by atoms with Crippen LogP contribution in [0.2, 0.25) is 0 Å². The van der Waals surface area contributed by atoms with E-state index in [2.05, 4.69) is 0 Å². The van der Waals surface area contributed by atoms with Crippen molar-refractivity contribution in [3.63, 3.8) is 0 Å². The summed E-state index contributed by atoms with van der Waals surface area (Å²) in [4.78, 5) is 10.7. The topological polar surface area (TPSA) is 43.1 Å². The number of rotatable bonds is 1. The molecule has 0 atom stereocenters. The Hall–Kier alpha value is -0.240. The minimum Gasteiger partial charge on any atom is -0.369 e. The second-order valence-electron chi connectivity index (χ2n) is 3.09. The highest BCUT2D eigenvalue weighted by molar-refractivity contribution is 5.85. The van der Waals surface area contributed by atoms with Crippen molar-refractivity contribution in [3.8, 4) is 0 Å². The molecular weight excluding hydrogens is 162 g/mol. The van der Waals surface area contributed by atoms with Crippen molar-refractivity contribution >= 4 is 18.3 Å². The molecular formula is C8H16ClNO. The number of carbonyl (C=O) groups is 1. The van der Waals surface area contributed by atoms with Gasteiger partial charge in [0.2, 0.25) is 5.91 Å². The van der Waals surface area contributed by atoms with Crippen LogP contribution in [0, 0.1) is 5.92 Å². The molecule has 1 amide bonds. The monoisotopic (exact) mass is 177 g/mol. The minimum absolute atomic E-state index is 0. The zero-order valence-electron chi connectivity index (χ0n) is 6.71. The SMILES string of the molecule is Cl.NC(=O)C1CCCCCC1. The molecule has 11 heavy (non-hydrogen) atoms. The van der Waals surface area contributed by atoms with Gasteiger partial charge in [-0.05, 0) is 12.8 Å². The van der Waals surface area contributed by atoms with Crippen LogP contribution in [0.3, 0.4) is 0 Å². The molecule has 0 spiro atoms. The van der Waals surface area contributed by atoms with Crippen LogP contribution in [0.25, 0.3) is 0 Å². The molecule has 1 rings (SSSR count). The maximum Gasteiger partial charge on any atom is 0.220 e. The van der Waals surface area contributed by atoms with E-state index in [0.717, 1.165) is 12.8 Å². The Kier molecular flexibility index (Phi) is 5.30. The van der Waals surface area contributed by atoms with Gasteiger partial charge < -0.3 is 5.73 Å². The van der Waals surface area contributed by atoms with Gasteiger partial charge in [0.05, 0.1) is 0 Å². The van der Waals surface area contributed by atoms with E-state index in [-0.39, 0.29) is 24.2 Å². The zero-order valence-corrected chi connectivity index (χ0v) is 7.53. The molecule has 1 saturated carbocycles. The van der Waals surface area contributed by atoms with E-state index in [1.54, 1.807) is 0 Å². The van der Waals surface area contributed by atoms with Crippen molar-refractivity contribution in [1.29, 1.82) is 0 Å². The minimum atomic E-state index is -0.0955. The van der Waals surface area contributed by atoms with Gasteiger partial charge in [0, 0.05) is 5.92 Å². The summed E-state index contributed by atoms with van der Waals surface area (Å²) in [5.41, 5.74) is 5.20. The first-order valence-corrected chi connectivity index (χ1v) is 4.10. The third-order valence-corrected chi connectivity index (χ3v) is 2.26. The Bertz CT molecular complexity index is 119. The second kappa shape index (κ2) is 5.42. The summed E-state index contributed by atoms with van der Waals surface area (Å²) in [7, 11) is 0. The number of halogens is 1. The normalized spacial score (nSPS) is 20.0. The van der Waals surface area contributed by atoms with Crippen molar-refractivity contribution < 1.29 is 4.79 Å². The molecule has 0 heterocycles. The molecule has 1 aliphatic carbocycles. The largest absolute Gasteiger partial charge is 0.369 e. The summed E-state index contributed by atoms with van der Waals surface area (Å²) in [5, 5.41) is 0. The average Bonchev–Trinajstić information content (AvgIpc) is 2.12. The first kappa shape index (κ1) is 10.8. The average molecular weight is 178 g/mol. The van der Waals surface area contributed by atoms with Crippen LogP contribution in [0.1, 0.15) is 38.5 Å². The van der Waals surface area contributed by atoms with Crippen LogP contribution in [0.15, 0.2) is 0 Å². The molecule has 2 nitrogen and oxygen atoms in total. The van der Waals surface area contributed by atoms with E-state index in [1.807, 2.05) is 0 Å². The van der Waals surface area contributed by atoms with Gasteiger partial charge >= 0.3 is 0 Å². The Balaban J connectivity index is 0.000001000. The lowest BCUT2D eigenvalue weighted by Gasteiger charge is -2.07. The van der Waals surface area contributed by atoms with Crippen LogP contribution < -0.4 is 5.73 Å². The molecule has 0 bridgehead atoms. The number of hydrogen-bond donors (Lipinski definition) is 1. The molecule has 1 aliphatic rings. The fourth-order valence-corrected chi connectivity index (χ4v) is 1.56. The first-order valence-electron chi connectivity index (χ1n) is 4.10. The highest BCUT2D eigenvalue weighted by Crippen LogP contribution is 2.21. The predicted molar refractivity (Wildman–Crippen MR) is 47.6 cm³/mol. The standard InChI is InChI=1S/C8H15NO.ClH/c9-8(10)7-5-3-1-2-4-6-7;/h7H,1-6H2,(H2,9,10);1H. The lowest BCUT2D eigenvalue weighted by Crippen LogP contribution is -2.22. The highest BCUT2D eigenvalue weighted by Gasteiger charge is 2.16. The molecule has 0 aliphatic heterocycles. The maximum atomic E-state index is 10.7. The van der Waals surface area contributed by atoms with Crippen LogP contribution in [0.5, 0.6) is 0 Å². The van der Waals surface area contributed by atoms with Crippen LogP contribution in [-0.4, -0.2) is 5.91 Å². The fraction of sp³-hybridized carbons (Fsp3) is 0.875. The van der Waals surface area contributed by atoms with Gasteiger partial charge in [0.1, 0.15) is 0 Å². The summed E-state index contributed by atoms with van der Waals surface area (Å²) in [6.45, 7) is 0. The lowest BCUT2D eigenvalue weighted by atomic mass is 10.0. The quantitative estimate of drug-likeness (QED) is 0.611. The molecule has 0 saturated heterocycles. The molecule has 3 heteroatoms. The van der Waals surface area contributed by atoms with Gasteiger partial charge in [-0.15, -0.1) is 12.4 Å². The molecule has 0 aromatic rings. The number of amides is 1. The molecule has 66 valence electrons. The van der Waals surface area contributed by atoms with Gasteiger partial charge in [-0.2, -0.15) is 0 Å². The van der Waals surface area contributed by atoms with E-state index in [0.29, 0.717) is 0 Å². The summed E-state index contributed by atoms with van der Waals surface area (Å²) >= 11 is 0. The smallest absolute Gasteiger partial charge is 0.220 e. The third-order valence-electron chi connectivity index (χ3n) is 2.26. The zero-order chi connectivity index (χ0) is 7.40. The van der Waals surface area contributed by atoms with Crippen molar-refractivity contribution in [1.82, 2.24) is 0 Å². The lowest BCUT2D eigenvalue weighted by molar-refractivity contribution is -0.122. The van der Waals surface area contributed by atoms with E-state index < -0.39 is 0 Å². The van der Waals surface area contributed by atoms with Crippen molar-refractivity contribution in [2.24, 2.45) is 11.7 Å². The first-order chi connectivity index (χ1) is 4.80. The van der Waals surface area contributed by atoms with Gasteiger partial charge in [-0.3, -0.25) is 4.79 Å². The Morgan fingerprint density at radius 3 is 1.91 bits per heavy atom. The van der Waals surface area contributed by atoms with Gasteiger partial charge in [-0.1, -0.05) is 25.7 Å². The number of primary amides is 1. The van der Waals surface area contributed by atoms with E-state index in [4.69, 9.17) is 5.73 Å². The molecule has 1 fully saturated rings. The number of nitrogens with two attached hydrogens (primary N) is 1. The summed E-state index contributed by atoms with van der Waals surface area (Å²) in [6, 6.07) is 0. The highest BCUT2D eigenvalue weighted by atomic mass is 35.5. The molecule has 0 unspecified atom stereocenters. The number of hydrogen-bond acceptors (Lipinski definition) is 1. The fourth-order valence-electron chi connectivity index (χ4n) is 1.56. The molecule has 0 aromatic carbocycles. The van der Waals surface area contributed by atoms with Crippen LogP contribution in [0.4, 0.5) is 0 Å². The van der Waals surface area contributed by atoms with E-state index >= 15 is 0 Å². The Morgan fingerprint density at radius 2 is 1.55 bits per heavy atom.